The zero-order valence-electron chi connectivity index (χ0n) is 29.7. The van der Waals surface area contributed by atoms with Gasteiger partial charge in [0.25, 0.3) is 0 Å². The lowest BCUT2D eigenvalue weighted by molar-refractivity contribution is -0.00869. The van der Waals surface area contributed by atoms with E-state index in [9.17, 15) is 4.79 Å². The van der Waals surface area contributed by atoms with Crippen molar-refractivity contribution >= 4 is 22.6 Å². The highest BCUT2D eigenvalue weighted by Gasteiger charge is 2.46. The van der Waals surface area contributed by atoms with Gasteiger partial charge in [0.1, 0.15) is 6.26 Å². The molecule has 0 spiro atoms. The molecular formula is C35H59NO6Si2. The van der Waals surface area contributed by atoms with Crippen LogP contribution in [0, 0.1) is 17.3 Å². The summed E-state index contributed by atoms with van der Waals surface area (Å²) in [4.78, 5) is 15.8. The highest BCUT2D eigenvalue weighted by atomic mass is 28.4. The number of esters is 1. The molecule has 0 fully saturated rings. The first-order valence-corrected chi connectivity index (χ1v) is 21.4. The van der Waals surface area contributed by atoms with Crippen molar-refractivity contribution in [2.24, 2.45) is 5.41 Å². The molecule has 1 aromatic rings. The van der Waals surface area contributed by atoms with E-state index >= 15 is 0 Å². The molecular weight excluding hydrogens is 587 g/mol. The molecule has 0 unspecified atom stereocenters. The molecule has 0 N–H and O–H groups in total. The molecule has 248 valence electrons. The Bertz CT molecular complexity index is 1150. The van der Waals surface area contributed by atoms with Gasteiger partial charge in [-0.1, -0.05) is 97.6 Å². The Labute approximate surface area is 270 Å². The molecule has 1 rings (SSSR count). The highest BCUT2D eigenvalue weighted by molar-refractivity contribution is 6.74. The first-order chi connectivity index (χ1) is 20.6. The van der Waals surface area contributed by atoms with Gasteiger partial charge in [0.15, 0.2) is 28.2 Å². The predicted molar refractivity (Wildman–Crippen MR) is 186 cm³/mol. The van der Waals surface area contributed by atoms with E-state index in [1.165, 1.54) is 13.4 Å². The third kappa shape index (κ3) is 11.6. The van der Waals surface area contributed by atoms with Crippen LogP contribution in [0.5, 0.6) is 0 Å². The van der Waals surface area contributed by atoms with Gasteiger partial charge in [0.05, 0.1) is 31.8 Å². The molecule has 44 heavy (non-hydrogen) atoms. The van der Waals surface area contributed by atoms with Crippen molar-refractivity contribution in [1.82, 2.24) is 4.98 Å². The highest BCUT2D eigenvalue weighted by Crippen LogP contribution is 2.43. The van der Waals surface area contributed by atoms with Crippen molar-refractivity contribution in [3.8, 4) is 11.8 Å². The first-order valence-electron chi connectivity index (χ1n) is 15.9. The van der Waals surface area contributed by atoms with E-state index in [0.29, 0.717) is 18.7 Å². The van der Waals surface area contributed by atoms with Crippen LogP contribution in [0.15, 0.2) is 47.1 Å². The molecule has 1 aromatic heterocycles. The summed E-state index contributed by atoms with van der Waals surface area (Å²) in [5, 5.41) is 0.106. The second-order valence-corrected chi connectivity index (χ2v) is 22.8. The summed E-state index contributed by atoms with van der Waals surface area (Å²) >= 11 is 0. The zero-order chi connectivity index (χ0) is 33.6. The summed E-state index contributed by atoms with van der Waals surface area (Å²) in [6, 6.07) is 3.25. The van der Waals surface area contributed by atoms with E-state index in [0.717, 1.165) is 18.1 Å². The molecule has 0 aliphatic rings. The van der Waals surface area contributed by atoms with Crippen LogP contribution < -0.4 is 0 Å². The monoisotopic (exact) mass is 645 g/mol. The maximum absolute atomic E-state index is 11.6. The number of allylic oxidation sites excluding steroid dienone is 4. The van der Waals surface area contributed by atoms with Crippen molar-refractivity contribution < 1.29 is 27.5 Å². The SMILES string of the molecule is C/C=C/[C@@H](O[Si](C)(C)C(C)(C)C)C(C)(C)[C@H](CC#C/C=C\C=C\[C@H](Cc1nc(C(=O)OC)co1)OC)O[Si](CC)(CC)CC. The van der Waals surface area contributed by atoms with Crippen molar-refractivity contribution in [3.05, 3.63) is 54.3 Å². The molecule has 0 amide bonds. The average Bonchev–Trinajstić information content (AvgIpc) is 3.45. The van der Waals surface area contributed by atoms with E-state index in [1.807, 2.05) is 24.3 Å². The van der Waals surface area contributed by atoms with Crippen molar-refractivity contribution in [2.45, 2.75) is 130 Å². The predicted octanol–water partition coefficient (Wildman–Crippen LogP) is 8.91. The lowest BCUT2D eigenvalue weighted by atomic mass is 9.79. The Morgan fingerprint density at radius 3 is 2.18 bits per heavy atom. The fourth-order valence-corrected chi connectivity index (χ4v) is 8.92. The van der Waals surface area contributed by atoms with Crippen LogP contribution in [0.3, 0.4) is 0 Å². The van der Waals surface area contributed by atoms with Crippen LogP contribution in [0.1, 0.15) is 85.1 Å². The number of hydrogen-bond acceptors (Lipinski definition) is 7. The minimum Gasteiger partial charge on any atom is -0.464 e. The van der Waals surface area contributed by atoms with Crippen LogP contribution in [-0.2, 0) is 24.7 Å². The maximum atomic E-state index is 11.6. The quantitative estimate of drug-likeness (QED) is 0.0550. The number of hydrogen-bond donors (Lipinski definition) is 0. The molecule has 9 heteroatoms. The molecule has 3 atom stereocenters. The van der Waals surface area contributed by atoms with Gasteiger partial charge < -0.3 is 22.7 Å². The van der Waals surface area contributed by atoms with Crippen LogP contribution >= 0.6 is 0 Å². The fourth-order valence-electron chi connectivity index (χ4n) is 4.56. The minimum atomic E-state index is -2.03. The van der Waals surface area contributed by atoms with E-state index in [1.54, 1.807) is 7.11 Å². The molecule has 0 saturated carbocycles. The number of carbonyl (C=O) groups is 1. The number of rotatable bonds is 17. The van der Waals surface area contributed by atoms with E-state index in [2.05, 4.69) is 109 Å². The molecule has 7 nitrogen and oxygen atoms in total. The summed E-state index contributed by atoms with van der Waals surface area (Å²) in [5.74, 6) is 6.48. The van der Waals surface area contributed by atoms with Crippen molar-refractivity contribution in [1.29, 1.82) is 0 Å². The topological polar surface area (TPSA) is 80.0 Å². The average molecular weight is 646 g/mol. The normalized spacial score (nSPS) is 15.5. The Kier molecular flexibility index (Phi) is 16.3. The van der Waals surface area contributed by atoms with Gasteiger partial charge in [-0.05, 0) is 49.3 Å². The zero-order valence-corrected chi connectivity index (χ0v) is 31.7. The maximum Gasteiger partial charge on any atom is 0.360 e. The van der Waals surface area contributed by atoms with Gasteiger partial charge >= 0.3 is 5.97 Å². The Morgan fingerprint density at radius 2 is 1.66 bits per heavy atom. The summed E-state index contributed by atoms with van der Waals surface area (Å²) in [6.07, 6.45) is 13.7. The summed E-state index contributed by atoms with van der Waals surface area (Å²) in [6.45, 7) is 24.9. The van der Waals surface area contributed by atoms with Crippen molar-refractivity contribution in [2.75, 3.05) is 14.2 Å². The first kappa shape index (κ1) is 39.8. The van der Waals surface area contributed by atoms with Gasteiger partial charge in [-0.25, -0.2) is 9.78 Å². The lowest BCUT2D eigenvalue weighted by Crippen LogP contribution is -2.53. The summed E-state index contributed by atoms with van der Waals surface area (Å²) in [5.41, 5.74) is -0.139. The van der Waals surface area contributed by atoms with Gasteiger partial charge in [0.2, 0.25) is 0 Å². The largest absolute Gasteiger partial charge is 0.464 e. The summed E-state index contributed by atoms with van der Waals surface area (Å²) < 4.78 is 29.8. The minimum absolute atomic E-state index is 0.0648. The second-order valence-electron chi connectivity index (χ2n) is 13.4. The van der Waals surface area contributed by atoms with Crippen molar-refractivity contribution in [3.63, 3.8) is 0 Å². The van der Waals surface area contributed by atoms with Crippen LogP contribution in [0.4, 0.5) is 0 Å². The lowest BCUT2D eigenvalue weighted by Gasteiger charge is -2.47. The van der Waals surface area contributed by atoms with E-state index in [4.69, 9.17) is 18.0 Å². The Balaban J connectivity index is 3.15. The third-order valence-corrected chi connectivity index (χ3v) is 18.2. The smallest absolute Gasteiger partial charge is 0.360 e. The summed E-state index contributed by atoms with van der Waals surface area (Å²) in [7, 11) is -1.02. The molecule has 0 bridgehead atoms. The third-order valence-electron chi connectivity index (χ3n) is 9.11. The van der Waals surface area contributed by atoms with Gasteiger partial charge in [-0.15, -0.1) is 0 Å². The number of oxazole rings is 1. The van der Waals surface area contributed by atoms with Crippen LogP contribution in [-0.4, -0.2) is 60.1 Å². The van der Waals surface area contributed by atoms with E-state index in [-0.39, 0.29) is 34.5 Å². The number of methoxy groups -OCH3 is 2. The van der Waals surface area contributed by atoms with Gasteiger partial charge in [-0.2, -0.15) is 0 Å². The van der Waals surface area contributed by atoms with E-state index < -0.39 is 22.6 Å². The number of carbonyl (C=O) groups excluding carboxylic acids is 1. The fraction of sp³-hybridized carbons (Fsp3) is 0.657. The van der Waals surface area contributed by atoms with Gasteiger partial charge in [-0.3, -0.25) is 0 Å². The standard InChI is InChI=1S/C35H59NO6Si2/c1-14-23-30(41-43(12,13)34(5,6)7)35(8,9)31(42-44(15-2,16-3)17-4)25-22-20-18-19-21-24-28(38-10)26-32-36-29(27-40-32)33(37)39-11/h14,18-19,21,23-24,27-28,30-31H,15-17,25-26H2,1-13H3/b19-18-,23-14+,24-21+/t28-,30-,31+/m1/s1. The molecule has 0 aliphatic carbocycles. The molecule has 0 aliphatic heterocycles. The van der Waals surface area contributed by atoms with Crippen LogP contribution in [0.2, 0.25) is 36.3 Å². The molecule has 0 saturated heterocycles. The number of nitrogens with zero attached hydrogens (tertiary/aromatic N) is 1. The van der Waals surface area contributed by atoms with Gasteiger partial charge in [0, 0.05) is 18.9 Å². The molecule has 0 aromatic carbocycles. The van der Waals surface area contributed by atoms with Crippen LogP contribution in [0.25, 0.3) is 0 Å². The molecule has 0 radical (unpaired) electrons. The Hall–Kier alpha value is -2.23. The Morgan fingerprint density at radius 1 is 1.02 bits per heavy atom. The number of ether oxygens (including phenoxy) is 2. The molecule has 1 heterocycles. The number of aromatic nitrogens is 1. The second kappa shape index (κ2) is 18.1.